The Hall–Kier alpha value is -1.59. The minimum atomic E-state index is -4.54. The van der Waals surface area contributed by atoms with E-state index in [4.69, 9.17) is 33.7 Å². The zero-order valence-electron chi connectivity index (χ0n) is 10.5. The number of rotatable bonds is 3. The molecule has 0 heterocycles. The molecule has 21 heavy (non-hydrogen) atoms. The van der Waals surface area contributed by atoms with Crippen molar-refractivity contribution in [1.29, 1.82) is 0 Å². The lowest BCUT2D eigenvalue weighted by atomic mass is 10.1. The highest BCUT2D eigenvalue weighted by atomic mass is 35.5. The molecule has 0 saturated heterocycles. The highest BCUT2D eigenvalue weighted by Crippen LogP contribution is 2.37. The fourth-order valence-corrected chi connectivity index (χ4v) is 2.01. The topological polar surface area (TPSA) is 35.2 Å². The molecule has 0 aliphatic heterocycles. The molecule has 0 amide bonds. The molecule has 0 aliphatic carbocycles. The molecule has 0 saturated carbocycles. The van der Waals surface area contributed by atoms with Crippen LogP contribution in [0.25, 0.3) is 0 Å². The molecule has 2 aromatic rings. The number of ether oxygens (including phenoxy) is 1. The quantitative estimate of drug-likeness (QED) is 0.785. The first-order valence-corrected chi connectivity index (χ1v) is 6.56. The van der Waals surface area contributed by atoms with Crippen molar-refractivity contribution in [3.63, 3.8) is 0 Å². The average Bonchev–Trinajstić information content (AvgIpc) is 2.40. The lowest BCUT2D eigenvalue weighted by molar-refractivity contribution is -0.139. The summed E-state index contributed by atoms with van der Waals surface area (Å²) < 4.78 is 43.9. The number of hydrogen-bond donors (Lipinski definition) is 1. The average molecular weight is 336 g/mol. The third kappa shape index (κ3) is 3.95. The summed E-state index contributed by atoms with van der Waals surface area (Å²) in [6, 6.07) is 8.09. The molecule has 2 aromatic carbocycles. The molecule has 0 radical (unpaired) electrons. The van der Waals surface area contributed by atoms with Crippen LogP contribution in [0.5, 0.6) is 5.75 Å². The normalized spacial score (nSPS) is 11.5. The predicted molar refractivity (Wildman–Crippen MR) is 76.7 cm³/mol. The highest BCUT2D eigenvalue weighted by Gasteiger charge is 2.34. The number of benzene rings is 2. The fourth-order valence-electron chi connectivity index (χ4n) is 1.69. The maximum Gasteiger partial charge on any atom is 0.420 e. The van der Waals surface area contributed by atoms with Crippen LogP contribution < -0.4 is 10.5 Å². The zero-order valence-corrected chi connectivity index (χ0v) is 12.1. The number of alkyl halides is 3. The molecular formula is C14H10Cl2F3NO. The summed E-state index contributed by atoms with van der Waals surface area (Å²) in [6.07, 6.45) is -4.54. The lowest BCUT2D eigenvalue weighted by Crippen LogP contribution is -2.09. The third-order valence-electron chi connectivity index (χ3n) is 2.69. The van der Waals surface area contributed by atoms with Crippen LogP contribution >= 0.6 is 23.2 Å². The van der Waals surface area contributed by atoms with Crippen molar-refractivity contribution in [2.24, 2.45) is 0 Å². The second kappa shape index (κ2) is 6.03. The van der Waals surface area contributed by atoms with Crippen LogP contribution in [0.3, 0.4) is 0 Å². The number of hydrogen-bond acceptors (Lipinski definition) is 2. The largest absolute Gasteiger partial charge is 0.488 e. The molecule has 0 spiro atoms. The molecule has 2 nitrogen and oxygen atoms in total. The van der Waals surface area contributed by atoms with Gasteiger partial charge >= 0.3 is 6.18 Å². The molecule has 0 aliphatic rings. The van der Waals surface area contributed by atoms with Crippen LogP contribution in [-0.4, -0.2) is 0 Å². The molecule has 0 fully saturated rings. The van der Waals surface area contributed by atoms with E-state index in [1.54, 1.807) is 12.1 Å². The van der Waals surface area contributed by atoms with Crippen LogP contribution in [0, 0.1) is 0 Å². The summed E-state index contributed by atoms with van der Waals surface area (Å²) in [4.78, 5) is 0. The van der Waals surface area contributed by atoms with E-state index in [0.29, 0.717) is 15.6 Å². The minimum absolute atomic E-state index is 0.0178. The summed E-state index contributed by atoms with van der Waals surface area (Å²) in [6.45, 7) is -0.0656. The van der Waals surface area contributed by atoms with Crippen molar-refractivity contribution >= 4 is 28.9 Å². The van der Waals surface area contributed by atoms with Crippen LogP contribution in [0.4, 0.5) is 18.9 Å². The van der Waals surface area contributed by atoms with Crippen molar-refractivity contribution in [2.75, 3.05) is 5.73 Å². The van der Waals surface area contributed by atoms with Gasteiger partial charge in [0.05, 0.1) is 15.6 Å². The van der Waals surface area contributed by atoms with Crippen molar-refractivity contribution in [2.45, 2.75) is 12.8 Å². The zero-order chi connectivity index (χ0) is 15.6. The Morgan fingerprint density at radius 1 is 1.00 bits per heavy atom. The molecule has 0 bridgehead atoms. The Labute approximate surface area is 129 Å². The summed E-state index contributed by atoms with van der Waals surface area (Å²) in [7, 11) is 0. The van der Waals surface area contributed by atoms with Gasteiger partial charge in [0.15, 0.2) is 0 Å². The van der Waals surface area contributed by atoms with Gasteiger partial charge in [-0.1, -0.05) is 29.3 Å². The SMILES string of the molecule is Nc1ccc(OCc2ccc(Cl)c(Cl)c2)c(C(F)(F)F)c1. The fraction of sp³-hybridized carbons (Fsp3) is 0.143. The van der Waals surface area contributed by atoms with E-state index in [-0.39, 0.29) is 18.0 Å². The van der Waals surface area contributed by atoms with Crippen LogP contribution in [0.1, 0.15) is 11.1 Å². The van der Waals surface area contributed by atoms with Crippen molar-refractivity contribution in [1.82, 2.24) is 0 Å². The van der Waals surface area contributed by atoms with Crippen molar-refractivity contribution in [3.8, 4) is 5.75 Å². The van der Waals surface area contributed by atoms with E-state index < -0.39 is 11.7 Å². The molecular weight excluding hydrogens is 326 g/mol. The molecule has 7 heteroatoms. The van der Waals surface area contributed by atoms with Gasteiger partial charge in [0.25, 0.3) is 0 Å². The van der Waals surface area contributed by atoms with Gasteiger partial charge in [-0.05, 0) is 35.9 Å². The molecule has 0 aromatic heterocycles. The van der Waals surface area contributed by atoms with Gasteiger partial charge in [0, 0.05) is 5.69 Å². The number of anilines is 1. The van der Waals surface area contributed by atoms with Gasteiger partial charge in [-0.3, -0.25) is 0 Å². The van der Waals surface area contributed by atoms with Gasteiger partial charge in [0.2, 0.25) is 0 Å². The first kappa shape index (κ1) is 15.8. The minimum Gasteiger partial charge on any atom is -0.488 e. The van der Waals surface area contributed by atoms with Crippen molar-refractivity contribution < 1.29 is 17.9 Å². The number of halogens is 5. The Kier molecular flexibility index (Phi) is 4.54. The Balaban J connectivity index is 2.22. The van der Waals surface area contributed by atoms with Crippen LogP contribution in [0.15, 0.2) is 36.4 Å². The summed E-state index contributed by atoms with van der Waals surface area (Å²) in [5, 5.41) is 0.676. The molecule has 112 valence electrons. The second-order valence-corrected chi connectivity index (χ2v) is 5.10. The first-order chi connectivity index (χ1) is 9.77. The van der Waals surface area contributed by atoms with Gasteiger partial charge in [-0.25, -0.2) is 0 Å². The number of nitrogen functional groups attached to an aromatic ring is 1. The van der Waals surface area contributed by atoms with E-state index in [0.717, 1.165) is 6.07 Å². The predicted octanol–water partition coefficient (Wildman–Crippen LogP) is 5.17. The van der Waals surface area contributed by atoms with Gasteiger partial charge < -0.3 is 10.5 Å². The standard InChI is InChI=1S/C14H10Cl2F3NO/c15-11-3-1-8(5-12(11)16)7-21-13-4-2-9(20)6-10(13)14(17,18)19/h1-6H,7,20H2. The monoisotopic (exact) mass is 335 g/mol. The van der Waals surface area contributed by atoms with E-state index >= 15 is 0 Å². The van der Waals surface area contributed by atoms with E-state index in [9.17, 15) is 13.2 Å². The Morgan fingerprint density at radius 2 is 1.71 bits per heavy atom. The number of nitrogens with two attached hydrogens (primary N) is 1. The maximum absolute atomic E-state index is 12.9. The maximum atomic E-state index is 12.9. The molecule has 0 unspecified atom stereocenters. The smallest absolute Gasteiger partial charge is 0.420 e. The summed E-state index contributed by atoms with van der Waals surface area (Å²) in [5.41, 5.74) is 5.09. The first-order valence-electron chi connectivity index (χ1n) is 5.81. The van der Waals surface area contributed by atoms with Gasteiger partial charge in [0.1, 0.15) is 12.4 Å². The molecule has 2 rings (SSSR count). The Bertz CT molecular complexity index is 659. The van der Waals surface area contributed by atoms with Gasteiger partial charge in [-0.15, -0.1) is 0 Å². The summed E-state index contributed by atoms with van der Waals surface area (Å²) >= 11 is 11.6. The molecule has 2 N–H and O–H groups in total. The lowest BCUT2D eigenvalue weighted by Gasteiger charge is -2.14. The van der Waals surface area contributed by atoms with Crippen LogP contribution in [0.2, 0.25) is 10.0 Å². The van der Waals surface area contributed by atoms with Crippen molar-refractivity contribution in [3.05, 3.63) is 57.6 Å². The third-order valence-corrected chi connectivity index (χ3v) is 3.43. The summed E-state index contributed by atoms with van der Waals surface area (Å²) in [5.74, 6) is -0.289. The van der Waals surface area contributed by atoms with E-state index in [1.165, 1.54) is 18.2 Å². The van der Waals surface area contributed by atoms with E-state index in [2.05, 4.69) is 0 Å². The van der Waals surface area contributed by atoms with Crippen LogP contribution in [-0.2, 0) is 12.8 Å². The second-order valence-electron chi connectivity index (χ2n) is 4.29. The van der Waals surface area contributed by atoms with E-state index in [1.807, 2.05) is 0 Å². The molecule has 0 atom stereocenters. The Morgan fingerprint density at radius 3 is 2.33 bits per heavy atom. The van der Waals surface area contributed by atoms with Gasteiger partial charge in [-0.2, -0.15) is 13.2 Å². The highest BCUT2D eigenvalue weighted by molar-refractivity contribution is 6.42.